The average molecular weight is 426 g/mol. The predicted octanol–water partition coefficient (Wildman–Crippen LogP) is 2.26. The summed E-state index contributed by atoms with van der Waals surface area (Å²) in [6, 6.07) is 7.20. The van der Waals surface area contributed by atoms with Crippen molar-refractivity contribution in [1.29, 1.82) is 0 Å². The van der Waals surface area contributed by atoms with E-state index in [0.29, 0.717) is 31.7 Å². The molecule has 0 saturated carbocycles. The van der Waals surface area contributed by atoms with E-state index in [-0.39, 0.29) is 18.4 Å². The molecule has 7 nitrogen and oxygen atoms in total. The van der Waals surface area contributed by atoms with Crippen LogP contribution in [0.15, 0.2) is 28.7 Å². The SMILES string of the molecule is CC(C)(C)OC(=O)NCC(=O)N1CCN(C(=O)c2ccc(Br)cc2)CC1. The molecule has 1 aliphatic rings. The molecular formula is C18H24BrN3O4. The van der Waals surface area contributed by atoms with Crippen molar-refractivity contribution in [2.45, 2.75) is 26.4 Å². The lowest BCUT2D eigenvalue weighted by Crippen LogP contribution is -2.52. The third-order valence-corrected chi connectivity index (χ3v) is 4.32. The summed E-state index contributed by atoms with van der Waals surface area (Å²) in [5.41, 5.74) is 0.0196. The van der Waals surface area contributed by atoms with Gasteiger partial charge >= 0.3 is 6.09 Å². The van der Waals surface area contributed by atoms with Crippen molar-refractivity contribution >= 4 is 33.8 Å². The highest BCUT2D eigenvalue weighted by Crippen LogP contribution is 2.14. The third-order valence-electron chi connectivity index (χ3n) is 3.79. The first kappa shape index (κ1) is 20.2. The summed E-state index contributed by atoms with van der Waals surface area (Å²) in [7, 11) is 0. The van der Waals surface area contributed by atoms with Crippen molar-refractivity contribution < 1.29 is 19.1 Å². The molecule has 0 spiro atoms. The monoisotopic (exact) mass is 425 g/mol. The van der Waals surface area contributed by atoms with Crippen LogP contribution in [0.4, 0.5) is 4.79 Å². The van der Waals surface area contributed by atoms with E-state index < -0.39 is 11.7 Å². The van der Waals surface area contributed by atoms with Gasteiger partial charge in [0.2, 0.25) is 5.91 Å². The summed E-state index contributed by atoms with van der Waals surface area (Å²) < 4.78 is 6.02. The molecule has 1 aliphatic heterocycles. The highest BCUT2D eigenvalue weighted by molar-refractivity contribution is 9.10. The lowest BCUT2D eigenvalue weighted by atomic mass is 10.2. The molecule has 1 heterocycles. The molecule has 142 valence electrons. The van der Waals surface area contributed by atoms with Crippen LogP contribution in [-0.4, -0.2) is 66.0 Å². The van der Waals surface area contributed by atoms with E-state index in [0.717, 1.165) is 4.47 Å². The summed E-state index contributed by atoms with van der Waals surface area (Å²) >= 11 is 3.35. The molecule has 0 aliphatic carbocycles. The van der Waals surface area contributed by atoms with Crippen LogP contribution in [-0.2, 0) is 9.53 Å². The zero-order valence-electron chi connectivity index (χ0n) is 15.3. The van der Waals surface area contributed by atoms with Crippen LogP contribution >= 0.6 is 15.9 Å². The number of hydrogen-bond acceptors (Lipinski definition) is 4. The van der Waals surface area contributed by atoms with Crippen LogP contribution in [0.25, 0.3) is 0 Å². The molecule has 1 saturated heterocycles. The quantitative estimate of drug-likeness (QED) is 0.805. The van der Waals surface area contributed by atoms with Crippen LogP contribution in [0, 0.1) is 0 Å². The zero-order valence-corrected chi connectivity index (χ0v) is 16.8. The minimum absolute atomic E-state index is 0.0449. The Labute approximate surface area is 161 Å². The highest BCUT2D eigenvalue weighted by atomic mass is 79.9. The Morgan fingerprint density at radius 3 is 2.12 bits per heavy atom. The molecular weight excluding hydrogens is 402 g/mol. The Morgan fingerprint density at radius 1 is 1.04 bits per heavy atom. The summed E-state index contributed by atoms with van der Waals surface area (Å²) in [5, 5.41) is 2.46. The van der Waals surface area contributed by atoms with Gasteiger partial charge in [-0.15, -0.1) is 0 Å². The molecule has 1 aromatic carbocycles. The number of hydrogen-bond donors (Lipinski definition) is 1. The lowest BCUT2D eigenvalue weighted by Gasteiger charge is -2.35. The maximum absolute atomic E-state index is 12.5. The first-order valence-electron chi connectivity index (χ1n) is 8.45. The van der Waals surface area contributed by atoms with Crippen LogP contribution in [0.5, 0.6) is 0 Å². The average Bonchev–Trinajstić information content (AvgIpc) is 2.58. The van der Waals surface area contributed by atoms with Crippen molar-refractivity contribution in [3.63, 3.8) is 0 Å². The second-order valence-corrected chi connectivity index (χ2v) is 7.95. The second-order valence-electron chi connectivity index (χ2n) is 7.04. The number of benzene rings is 1. The topological polar surface area (TPSA) is 79.0 Å². The Kier molecular flexibility index (Phi) is 6.63. The number of halogens is 1. The van der Waals surface area contributed by atoms with Crippen molar-refractivity contribution in [3.8, 4) is 0 Å². The normalized spacial score (nSPS) is 14.8. The molecule has 0 unspecified atom stereocenters. The summed E-state index contributed by atoms with van der Waals surface area (Å²) in [5.74, 6) is -0.233. The second kappa shape index (κ2) is 8.53. The number of nitrogens with zero attached hydrogens (tertiary/aromatic N) is 2. The van der Waals surface area contributed by atoms with Crippen molar-refractivity contribution in [1.82, 2.24) is 15.1 Å². The standard InChI is InChI=1S/C18H24BrN3O4/c1-18(2,3)26-17(25)20-12-15(23)21-8-10-22(11-9-21)16(24)13-4-6-14(19)7-5-13/h4-7H,8-12H2,1-3H3,(H,20,25). The molecule has 3 amide bonds. The van der Waals surface area contributed by atoms with Crippen LogP contribution in [0.1, 0.15) is 31.1 Å². The fourth-order valence-electron chi connectivity index (χ4n) is 2.51. The van der Waals surface area contributed by atoms with Gasteiger partial charge in [0, 0.05) is 36.2 Å². The van der Waals surface area contributed by atoms with Gasteiger partial charge in [-0.05, 0) is 45.0 Å². The first-order chi connectivity index (χ1) is 12.2. The van der Waals surface area contributed by atoms with Crippen molar-refractivity contribution in [2.24, 2.45) is 0 Å². The van der Waals surface area contributed by atoms with Gasteiger partial charge in [0.15, 0.2) is 0 Å². The molecule has 8 heteroatoms. The zero-order chi connectivity index (χ0) is 19.3. The number of ether oxygens (including phenoxy) is 1. The molecule has 0 aromatic heterocycles. The Bertz CT molecular complexity index is 662. The number of nitrogens with one attached hydrogen (secondary N) is 1. The van der Waals surface area contributed by atoms with E-state index in [4.69, 9.17) is 4.74 Å². The number of amides is 3. The van der Waals surface area contributed by atoms with Gasteiger partial charge < -0.3 is 19.9 Å². The maximum Gasteiger partial charge on any atom is 0.408 e. The van der Waals surface area contributed by atoms with Gasteiger partial charge in [-0.25, -0.2) is 4.79 Å². The van der Waals surface area contributed by atoms with E-state index in [1.165, 1.54) is 0 Å². The smallest absolute Gasteiger partial charge is 0.408 e. The van der Waals surface area contributed by atoms with E-state index >= 15 is 0 Å². The fraction of sp³-hybridized carbons (Fsp3) is 0.500. The van der Waals surface area contributed by atoms with E-state index in [1.807, 2.05) is 12.1 Å². The van der Waals surface area contributed by atoms with Crippen LogP contribution in [0.3, 0.4) is 0 Å². The van der Waals surface area contributed by atoms with Crippen LogP contribution in [0.2, 0.25) is 0 Å². The summed E-state index contributed by atoms with van der Waals surface area (Å²) in [6.45, 7) is 6.98. The Morgan fingerprint density at radius 2 is 1.58 bits per heavy atom. The molecule has 1 fully saturated rings. The fourth-order valence-corrected chi connectivity index (χ4v) is 2.77. The number of piperazine rings is 1. The molecule has 0 radical (unpaired) electrons. The van der Waals surface area contributed by atoms with Gasteiger partial charge in [0.05, 0.1) is 0 Å². The molecule has 1 aromatic rings. The highest BCUT2D eigenvalue weighted by Gasteiger charge is 2.25. The summed E-state index contributed by atoms with van der Waals surface area (Å²) in [4.78, 5) is 39.6. The van der Waals surface area contributed by atoms with Crippen molar-refractivity contribution in [2.75, 3.05) is 32.7 Å². The number of alkyl carbamates (subject to hydrolysis) is 1. The lowest BCUT2D eigenvalue weighted by molar-refractivity contribution is -0.131. The van der Waals surface area contributed by atoms with E-state index in [9.17, 15) is 14.4 Å². The van der Waals surface area contributed by atoms with Crippen molar-refractivity contribution in [3.05, 3.63) is 34.3 Å². The predicted molar refractivity (Wildman–Crippen MR) is 101 cm³/mol. The minimum Gasteiger partial charge on any atom is -0.444 e. The molecule has 0 bridgehead atoms. The minimum atomic E-state index is -0.616. The number of rotatable bonds is 3. The maximum atomic E-state index is 12.5. The Hall–Kier alpha value is -2.09. The third kappa shape index (κ3) is 6.01. The van der Waals surface area contributed by atoms with Gasteiger partial charge in [-0.2, -0.15) is 0 Å². The van der Waals surface area contributed by atoms with E-state index in [2.05, 4.69) is 21.2 Å². The van der Waals surface area contributed by atoms with Gasteiger partial charge in [0.25, 0.3) is 5.91 Å². The van der Waals surface area contributed by atoms with Gasteiger partial charge in [-0.1, -0.05) is 15.9 Å². The van der Waals surface area contributed by atoms with E-state index in [1.54, 1.807) is 42.7 Å². The summed E-state index contributed by atoms with van der Waals surface area (Å²) in [6.07, 6.45) is -0.616. The Balaban J connectivity index is 1.78. The van der Waals surface area contributed by atoms with Crippen LogP contribution < -0.4 is 5.32 Å². The molecule has 2 rings (SSSR count). The first-order valence-corrected chi connectivity index (χ1v) is 9.24. The molecule has 1 N–H and O–H groups in total. The molecule has 0 atom stereocenters. The number of carbonyl (C=O) groups is 3. The molecule has 26 heavy (non-hydrogen) atoms. The largest absolute Gasteiger partial charge is 0.444 e. The number of carbonyl (C=O) groups excluding carboxylic acids is 3. The van der Waals surface area contributed by atoms with Gasteiger partial charge in [0.1, 0.15) is 12.1 Å². The van der Waals surface area contributed by atoms with Gasteiger partial charge in [-0.3, -0.25) is 9.59 Å².